The van der Waals surface area contributed by atoms with Gasteiger partial charge in [0, 0.05) is 12.1 Å². The van der Waals surface area contributed by atoms with Gasteiger partial charge in [-0.3, -0.25) is 4.79 Å². The Balaban J connectivity index is 2.15. The van der Waals surface area contributed by atoms with E-state index in [1.807, 2.05) is 0 Å². The van der Waals surface area contributed by atoms with Gasteiger partial charge in [0.15, 0.2) is 17.6 Å². The first kappa shape index (κ1) is 16.8. The fourth-order valence-corrected chi connectivity index (χ4v) is 2.23. The maximum atomic E-state index is 12.5. The number of benzene rings is 1. The van der Waals surface area contributed by atoms with Crippen LogP contribution in [0.15, 0.2) is 30.9 Å². The highest BCUT2D eigenvalue weighted by Crippen LogP contribution is 2.28. The van der Waals surface area contributed by atoms with E-state index in [0.717, 1.165) is 0 Å². The number of carbonyl (C=O) groups is 2. The molecule has 1 fully saturated rings. The van der Waals surface area contributed by atoms with Crippen molar-refractivity contribution in [3.05, 3.63) is 36.4 Å². The third-order valence-electron chi connectivity index (χ3n) is 3.40. The van der Waals surface area contributed by atoms with Crippen LogP contribution in [-0.4, -0.2) is 61.4 Å². The van der Waals surface area contributed by atoms with Gasteiger partial charge in [0.05, 0.1) is 20.3 Å². The van der Waals surface area contributed by atoms with Crippen molar-refractivity contribution in [2.45, 2.75) is 6.10 Å². The summed E-state index contributed by atoms with van der Waals surface area (Å²) in [6.07, 6.45) is 0.614. The number of carboxylic acid groups (broad SMARTS) is 1. The zero-order valence-corrected chi connectivity index (χ0v) is 12.9. The lowest BCUT2D eigenvalue weighted by atomic mass is 10.1. The van der Waals surface area contributed by atoms with Gasteiger partial charge in [0.2, 0.25) is 0 Å². The SMILES string of the molecule is C=CCOc1ccc(C(=O)N2CCOC(C(=O)O)C2)cc1OC. The lowest BCUT2D eigenvalue weighted by molar-refractivity contribution is -0.154. The second kappa shape index (κ2) is 7.64. The van der Waals surface area contributed by atoms with Gasteiger partial charge < -0.3 is 24.2 Å². The molecule has 1 heterocycles. The van der Waals surface area contributed by atoms with Gasteiger partial charge >= 0.3 is 5.97 Å². The van der Waals surface area contributed by atoms with Crippen molar-refractivity contribution in [3.8, 4) is 11.5 Å². The lowest BCUT2D eigenvalue weighted by Gasteiger charge is -2.31. The van der Waals surface area contributed by atoms with Crippen LogP contribution in [0.3, 0.4) is 0 Å². The molecule has 7 heteroatoms. The monoisotopic (exact) mass is 321 g/mol. The third kappa shape index (κ3) is 4.01. The van der Waals surface area contributed by atoms with Crippen molar-refractivity contribution >= 4 is 11.9 Å². The Morgan fingerprint density at radius 2 is 2.26 bits per heavy atom. The van der Waals surface area contributed by atoms with Crippen LogP contribution in [0, 0.1) is 0 Å². The normalized spacial score (nSPS) is 17.4. The molecule has 0 aromatic heterocycles. The summed E-state index contributed by atoms with van der Waals surface area (Å²) in [7, 11) is 1.49. The van der Waals surface area contributed by atoms with E-state index in [-0.39, 0.29) is 19.1 Å². The van der Waals surface area contributed by atoms with E-state index in [2.05, 4.69) is 6.58 Å². The standard InChI is InChI=1S/C16H19NO6/c1-3-7-22-12-5-4-11(9-13(12)21-2)15(18)17-6-8-23-14(10-17)16(19)20/h3-5,9,14H,1,6-8,10H2,2H3,(H,19,20). The molecule has 0 saturated carbocycles. The molecule has 0 spiro atoms. The van der Waals surface area contributed by atoms with Gasteiger partial charge in [-0.2, -0.15) is 0 Å². The molecule has 1 atom stereocenters. The highest BCUT2D eigenvalue weighted by molar-refractivity contribution is 5.95. The Labute approximate surface area is 134 Å². The van der Waals surface area contributed by atoms with Gasteiger partial charge in [-0.05, 0) is 18.2 Å². The van der Waals surface area contributed by atoms with E-state index in [1.54, 1.807) is 24.3 Å². The molecule has 1 aromatic carbocycles. The summed E-state index contributed by atoms with van der Waals surface area (Å²) in [5, 5.41) is 9.00. The van der Waals surface area contributed by atoms with E-state index < -0.39 is 12.1 Å². The quantitative estimate of drug-likeness (QED) is 0.792. The number of rotatable bonds is 6. The zero-order chi connectivity index (χ0) is 16.8. The molecule has 0 radical (unpaired) electrons. The summed E-state index contributed by atoms with van der Waals surface area (Å²) in [6.45, 7) is 4.46. The molecule has 1 amide bonds. The van der Waals surface area contributed by atoms with Crippen molar-refractivity contribution in [1.29, 1.82) is 0 Å². The Morgan fingerprint density at radius 3 is 2.91 bits per heavy atom. The van der Waals surface area contributed by atoms with Crippen molar-refractivity contribution in [2.75, 3.05) is 33.4 Å². The van der Waals surface area contributed by atoms with E-state index in [4.69, 9.17) is 19.3 Å². The average molecular weight is 321 g/mol. The first-order valence-electron chi connectivity index (χ1n) is 7.12. The fourth-order valence-electron chi connectivity index (χ4n) is 2.23. The molecule has 1 unspecified atom stereocenters. The Kier molecular flexibility index (Phi) is 5.59. The number of aliphatic carboxylic acids is 1. The predicted octanol–water partition coefficient (Wildman–Crippen LogP) is 1.19. The summed E-state index contributed by atoms with van der Waals surface area (Å²) < 4.78 is 15.8. The molecule has 2 rings (SSSR count). The molecule has 23 heavy (non-hydrogen) atoms. The summed E-state index contributed by atoms with van der Waals surface area (Å²) in [5.41, 5.74) is 0.402. The minimum Gasteiger partial charge on any atom is -0.493 e. The number of ether oxygens (including phenoxy) is 3. The Bertz CT molecular complexity index is 600. The van der Waals surface area contributed by atoms with Crippen LogP contribution in [0.1, 0.15) is 10.4 Å². The van der Waals surface area contributed by atoms with Crippen LogP contribution in [0.4, 0.5) is 0 Å². The van der Waals surface area contributed by atoms with Crippen LogP contribution in [0.5, 0.6) is 11.5 Å². The number of nitrogens with zero attached hydrogens (tertiary/aromatic N) is 1. The lowest BCUT2D eigenvalue weighted by Crippen LogP contribution is -2.48. The number of hydrogen-bond acceptors (Lipinski definition) is 5. The molecule has 0 aliphatic carbocycles. The highest BCUT2D eigenvalue weighted by Gasteiger charge is 2.29. The van der Waals surface area contributed by atoms with Crippen LogP contribution in [-0.2, 0) is 9.53 Å². The average Bonchev–Trinajstić information content (AvgIpc) is 2.59. The maximum absolute atomic E-state index is 12.5. The van der Waals surface area contributed by atoms with Crippen LogP contribution in [0.2, 0.25) is 0 Å². The molecular formula is C16H19NO6. The molecule has 1 aliphatic heterocycles. The smallest absolute Gasteiger partial charge is 0.334 e. The molecule has 124 valence electrons. The van der Waals surface area contributed by atoms with E-state index in [9.17, 15) is 9.59 Å². The Morgan fingerprint density at radius 1 is 1.48 bits per heavy atom. The third-order valence-corrected chi connectivity index (χ3v) is 3.40. The first-order chi connectivity index (χ1) is 11.1. The van der Waals surface area contributed by atoms with Gasteiger partial charge in [0.25, 0.3) is 5.91 Å². The number of carbonyl (C=O) groups excluding carboxylic acids is 1. The number of carboxylic acids is 1. The van der Waals surface area contributed by atoms with Gasteiger partial charge in [-0.15, -0.1) is 0 Å². The Hall–Kier alpha value is -2.54. The predicted molar refractivity (Wildman–Crippen MR) is 82.0 cm³/mol. The molecule has 1 N–H and O–H groups in total. The number of morpholine rings is 1. The minimum absolute atomic E-state index is 0.0190. The van der Waals surface area contributed by atoms with E-state index in [1.165, 1.54) is 12.0 Å². The molecule has 1 saturated heterocycles. The van der Waals surface area contributed by atoms with Gasteiger partial charge in [0.1, 0.15) is 6.61 Å². The topological polar surface area (TPSA) is 85.3 Å². The summed E-state index contributed by atoms with van der Waals surface area (Å²) in [5.74, 6) is -0.406. The maximum Gasteiger partial charge on any atom is 0.334 e. The van der Waals surface area contributed by atoms with Gasteiger partial charge in [-0.1, -0.05) is 12.7 Å². The number of amides is 1. The van der Waals surface area contributed by atoms with Crippen molar-refractivity contribution in [1.82, 2.24) is 4.90 Å². The minimum atomic E-state index is -1.08. The summed E-state index contributed by atoms with van der Waals surface area (Å²) >= 11 is 0. The molecular weight excluding hydrogens is 302 g/mol. The molecule has 1 aromatic rings. The first-order valence-corrected chi connectivity index (χ1v) is 7.12. The van der Waals surface area contributed by atoms with E-state index >= 15 is 0 Å². The number of methoxy groups -OCH3 is 1. The fraction of sp³-hybridized carbons (Fsp3) is 0.375. The second-order valence-corrected chi connectivity index (χ2v) is 4.91. The zero-order valence-electron chi connectivity index (χ0n) is 12.9. The highest BCUT2D eigenvalue weighted by atomic mass is 16.5. The largest absolute Gasteiger partial charge is 0.493 e. The van der Waals surface area contributed by atoms with Crippen molar-refractivity contribution in [2.24, 2.45) is 0 Å². The number of hydrogen-bond donors (Lipinski definition) is 1. The molecule has 0 bridgehead atoms. The van der Waals surface area contributed by atoms with Crippen LogP contribution >= 0.6 is 0 Å². The van der Waals surface area contributed by atoms with Crippen molar-refractivity contribution < 1.29 is 28.9 Å². The summed E-state index contributed by atoms with van der Waals surface area (Å²) in [6, 6.07) is 4.84. The molecule has 1 aliphatic rings. The van der Waals surface area contributed by atoms with Crippen LogP contribution in [0.25, 0.3) is 0 Å². The van der Waals surface area contributed by atoms with E-state index in [0.29, 0.717) is 30.2 Å². The summed E-state index contributed by atoms with van der Waals surface area (Å²) in [4.78, 5) is 25.0. The second-order valence-electron chi connectivity index (χ2n) is 4.91. The van der Waals surface area contributed by atoms with Crippen LogP contribution < -0.4 is 9.47 Å². The van der Waals surface area contributed by atoms with Crippen molar-refractivity contribution in [3.63, 3.8) is 0 Å². The van der Waals surface area contributed by atoms with Gasteiger partial charge in [-0.25, -0.2) is 4.79 Å². The molecule has 7 nitrogen and oxygen atoms in total.